The third-order valence-corrected chi connectivity index (χ3v) is 5.19. The van der Waals surface area contributed by atoms with Crippen LogP contribution in [0.3, 0.4) is 0 Å². The smallest absolute Gasteiger partial charge is 0.231 e. The molecule has 0 fully saturated rings. The number of benzene rings is 2. The number of rotatable bonds is 3. The summed E-state index contributed by atoms with van der Waals surface area (Å²) in [6, 6.07) is 14.9. The molecule has 0 atom stereocenters. The van der Waals surface area contributed by atoms with Crippen molar-refractivity contribution in [1.82, 2.24) is 4.98 Å². The average molecular weight is 381 g/mol. The molecule has 1 heterocycles. The Morgan fingerprint density at radius 3 is 2.69 bits per heavy atom. The third-order valence-electron chi connectivity index (χ3n) is 3.96. The normalized spacial score (nSPS) is 14.5. The lowest BCUT2D eigenvalue weighted by Crippen LogP contribution is -2.04. The molecule has 4 nitrogen and oxygen atoms in total. The molecule has 3 aromatic rings. The SMILES string of the molecule is O=C1C=Cc2ccccc2C1=Cc1sc(Nc2ccccc2Cl)nc1O. The molecule has 2 aromatic carbocycles. The van der Waals surface area contributed by atoms with Crippen LogP contribution in [-0.2, 0) is 4.79 Å². The first kappa shape index (κ1) is 16.6. The van der Waals surface area contributed by atoms with Crippen LogP contribution >= 0.6 is 22.9 Å². The standard InChI is InChI=1S/C20H13ClN2O2S/c21-15-7-3-4-8-16(15)22-20-23-19(25)18(26-20)11-14-13-6-2-1-5-12(13)9-10-17(14)24/h1-11,25H,(H,22,23). The summed E-state index contributed by atoms with van der Waals surface area (Å²) in [5.74, 6) is -0.228. The number of nitrogens with one attached hydrogen (secondary N) is 1. The van der Waals surface area contributed by atoms with Gasteiger partial charge in [0.15, 0.2) is 10.9 Å². The summed E-state index contributed by atoms with van der Waals surface area (Å²) in [7, 11) is 0. The molecule has 0 aliphatic heterocycles. The summed E-state index contributed by atoms with van der Waals surface area (Å²) in [4.78, 5) is 17.0. The number of halogens is 1. The van der Waals surface area contributed by atoms with E-state index in [1.54, 1.807) is 18.2 Å². The van der Waals surface area contributed by atoms with Crippen LogP contribution in [0.2, 0.25) is 5.02 Å². The van der Waals surface area contributed by atoms with Gasteiger partial charge < -0.3 is 10.4 Å². The number of thiazole rings is 1. The predicted molar refractivity (Wildman–Crippen MR) is 107 cm³/mol. The highest BCUT2D eigenvalue weighted by atomic mass is 35.5. The number of aromatic hydroxyl groups is 1. The first-order valence-corrected chi connectivity index (χ1v) is 9.06. The molecule has 0 spiro atoms. The summed E-state index contributed by atoms with van der Waals surface area (Å²) in [5, 5.41) is 14.3. The van der Waals surface area contributed by atoms with Gasteiger partial charge in [0, 0.05) is 5.57 Å². The van der Waals surface area contributed by atoms with Crippen molar-refractivity contribution in [3.05, 3.63) is 75.6 Å². The predicted octanol–water partition coefficient (Wildman–Crippen LogP) is 5.38. The summed E-state index contributed by atoms with van der Waals surface area (Å²) in [5.41, 5.74) is 3.04. The maximum atomic E-state index is 12.3. The van der Waals surface area contributed by atoms with E-state index in [1.807, 2.05) is 42.5 Å². The highest BCUT2D eigenvalue weighted by Gasteiger charge is 2.19. The Morgan fingerprint density at radius 2 is 1.85 bits per heavy atom. The molecule has 0 unspecified atom stereocenters. The minimum Gasteiger partial charge on any atom is -0.492 e. The third kappa shape index (κ3) is 3.14. The molecule has 26 heavy (non-hydrogen) atoms. The molecule has 6 heteroatoms. The van der Waals surface area contributed by atoms with Gasteiger partial charge in [0.1, 0.15) is 0 Å². The molecule has 0 radical (unpaired) electrons. The highest BCUT2D eigenvalue weighted by molar-refractivity contribution is 7.16. The number of carbonyl (C=O) groups is 1. The van der Waals surface area contributed by atoms with Crippen LogP contribution in [0.25, 0.3) is 17.7 Å². The van der Waals surface area contributed by atoms with Gasteiger partial charge in [0.25, 0.3) is 0 Å². The quantitative estimate of drug-likeness (QED) is 0.598. The van der Waals surface area contributed by atoms with Gasteiger partial charge in [-0.05, 0) is 35.4 Å². The second-order valence-electron chi connectivity index (χ2n) is 5.65. The monoisotopic (exact) mass is 380 g/mol. The number of hydrogen-bond acceptors (Lipinski definition) is 5. The first-order chi connectivity index (χ1) is 12.6. The Kier molecular flexibility index (Phi) is 4.32. The number of hydrogen-bond donors (Lipinski definition) is 2. The van der Waals surface area contributed by atoms with Gasteiger partial charge in [-0.25, -0.2) is 0 Å². The van der Waals surface area contributed by atoms with Crippen molar-refractivity contribution >= 4 is 57.3 Å². The van der Waals surface area contributed by atoms with E-state index in [4.69, 9.17) is 11.6 Å². The molecule has 1 aliphatic rings. The van der Waals surface area contributed by atoms with Crippen LogP contribution < -0.4 is 5.32 Å². The van der Waals surface area contributed by atoms with Crippen molar-refractivity contribution in [3.8, 4) is 5.88 Å². The van der Waals surface area contributed by atoms with E-state index < -0.39 is 0 Å². The van der Waals surface area contributed by atoms with Crippen molar-refractivity contribution in [1.29, 1.82) is 0 Å². The molecule has 0 amide bonds. The Morgan fingerprint density at radius 1 is 1.08 bits per heavy atom. The minimum atomic E-state index is -0.128. The Hall–Kier alpha value is -2.89. The number of fused-ring (bicyclic) bond motifs is 1. The zero-order valence-corrected chi connectivity index (χ0v) is 15.0. The Labute approximate surface area is 159 Å². The first-order valence-electron chi connectivity index (χ1n) is 7.86. The molecule has 0 saturated heterocycles. The highest BCUT2D eigenvalue weighted by Crippen LogP contribution is 2.36. The van der Waals surface area contributed by atoms with E-state index in [2.05, 4.69) is 10.3 Å². The van der Waals surface area contributed by atoms with Gasteiger partial charge in [0.2, 0.25) is 5.88 Å². The van der Waals surface area contributed by atoms with Crippen molar-refractivity contribution in [2.24, 2.45) is 0 Å². The van der Waals surface area contributed by atoms with Crippen molar-refractivity contribution in [2.75, 3.05) is 5.32 Å². The van der Waals surface area contributed by atoms with Crippen LogP contribution in [0.5, 0.6) is 5.88 Å². The summed E-state index contributed by atoms with van der Waals surface area (Å²) in [6.45, 7) is 0. The molecule has 0 bridgehead atoms. The van der Waals surface area contributed by atoms with E-state index in [0.29, 0.717) is 26.3 Å². The van der Waals surface area contributed by atoms with Crippen LogP contribution in [0.1, 0.15) is 16.0 Å². The lowest BCUT2D eigenvalue weighted by molar-refractivity contribution is -0.109. The lowest BCUT2D eigenvalue weighted by atomic mass is 9.91. The van der Waals surface area contributed by atoms with E-state index in [0.717, 1.165) is 11.1 Å². The van der Waals surface area contributed by atoms with E-state index in [-0.39, 0.29) is 11.7 Å². The van der Waals surface area contributed by atoms with Crippen molar-refractivity contribution in [2.45, 2.75) is 0 Å². The second-order valence-corrected chi connectivity index (χ2v) is 7.09. The number of aromatic nitrogens is 1. The lowest BCUT2D eigenvalue weighted by Gasteiger charge is -2.12. The molecule has 2 N–H and O–H groups in total. The number of ketones is 1. The minimum absolute atomic E-state index is 0.0999. The van der Waals surface area contributed by atoms with Gasteiger partial charge in [-0.2, -0.15) is 4.98 Å². The Balaban J connectivity index is 1.70. The zero-order chi connectivity index (χ0) is 18.1. The van der Waals surface area contributed by atoms with Crippen LogP contribution in [-0.4, -0.2) is 15.9 Å². The summed E-state index contributed by atoms with van der Waals surface area (Å²) >= 11 is 7.39. The maximum absolute atomic E-state index is 12.3. The second kappa shape index (κ2) is 6.78. The molecular weight excluding hydrogens is 368 g/mol. The van der Waals surface area contributed by atoms with Crippen molar-refractivity contribution in [3.63, 3.8) is 0 Å². The van der Waals surface area contributed by atoms with Crippen LogP contribution in [0.4, 0.5) is 10.8 Å². The van der Waals surface area contributed by atoms with Crippen LogP contribution in [0, 0.1) is 0 Å². The number of para-hydroxylation sites is 1. The van der Waals surface area contributed by atoms with E-state index in [1.165, 1.54) is 17.4 Å². The molecule has 1 aliphatic carbocycles. The zero-order valence-electron chi connectivity index (χ0n) is 13.4. The van der Waals surface area contributed by atoms with Gasteiger partial charge in [0.05, 0.1) is 15.6 Å². The van der Waals surface area contributed by atoms with Gasteiger partial charge in [-0.15, -0.1) is 0 Å². The molecule has 128 valence electrons. The molecule has 0 saturated carbocycles. The van der Waals surface area contributed by atoms with E-state index >= 15 is 0 Å². The maximum Gasteiger partial charge on any atom is 0.231 e. The fourth-order valence-corrected chi connectivity index (χ4v) is 3.70. The number of anilines is 2. The number of allylic oxidation sites excluding steroid dienone is 2. The number of carbonyl (C=O) groups excluding carboxylic acids is 1. The topological polar surface area (TPSA) is 62.2 Å². The van der Waals surface area contributed by atoms with Crippen molar-refractivity contribution < 1.29 is 9.90 Å². The van der Waals surface area contributed by atoms with Gasteiger partial charge in [-0.3, -0.25) is 4.79 Å². The molecule has 4 rings (SSSR count). The fourth-order valence-electron chi connectivity index (χ4n) is 2.70. The molecule has 1 aromatic heterocycles. The number of nitrogens with zero attached hydrogens (tertiary/aromatic N) is 1. The van der Waals surface area contributed by atoms with Crippen LogP contribution in [0.15, 0.2) is 54.6 Å². The summed E-state index contributed by atoms with van der Waals surface area (Å²) in [6.07, 6.45) is 5.01. The van der Waals surface area contributed by atoms with Gasteiger partial charge >= 0.3 is 0 Å². The van der Waals surface area contributed by atoms with Gasteiger partial charge in [-0.1, -0.05) is 65.4 Å². The average Bonchev–Trinajstić information content (AvgIpc) is 2.99. The molecular formula is C20H13ClN2O2S. The largest absolute Gasteiger partial charge is 0.492 e. The summed E-state index contributed by atoms with van der Waals surface area (Å²) < 4.78 is 0. The Bertz CT molecular complexity index is 1070. The fraction of sp³-hybridized carbons (Fsp3) is 0. The van der Waals surface area contributed by atoms with E-state index in [9.17, 15) is 9.90 Å².